The summed E-state index contributed by atoms with van der Waals surface area (Å²) in [4.78, 5) is 39.0. The summed E-state index contributed by atoms with van der Waals surface area (Å²) in [5.41, 5.74) is 1.60. The van der Waals surface area contributed by atoms with E-state index in [-0.39, 0.29) is 5.91 Å². The molecule has 0 aliphatic carbocycles. The van der Waals surface area contributed by atoms with Crippen LogP contribution in [0.25, 0.3) is 0 Å². The molecule has 166 valence electrons. The summed E-state index contributed by atoms with van der Waals surface area (Å²) < 4.78 is 0. The number of amides is 2. The molecule has 1 aromatic heterocycles. The maximum Gasteiger partial charge on any atom is 0.252 e. The third kappa shape index (κ3) is 6.09. The average Bonchev–Trinajstić information content (AvgIpc) is 2.84. The van der Waals surface area contributed by atoms with Crippen molar-refractivity contribution in [3.63, 3.8) is 0 Å². The van der Waals surface area contributed by atoms with Crippen LogP contribution in [-0.4, -0.2) is 63.0 Å². The summed E-state index contributed by atoms with van der Waals surface area (Å²) in [6.07, 6.45) is 11.6. The number of hydrogen-bond acceptors (Lipinski definition) is 6. The number of aromatic nitrogens is 1. The lowest BCUT2D eigenvalue weighted by Crippen LogP contribution is -2.58. The number of likely N-dealkylation sites (N-methyl/N-ethyl adjacent to an activating group) is 1. The van der Waals surface area contributed by atoms with Gasteiger partial charge in [-0.05, 0) is 63.5 Å². The average molecular weight is 433 g/mol. The number of nitrogens with one attached hydrogen (secondary N) is 2. The standard InChI is InChI=1S/C24H28N6O2/c1-5-19-8-9-22(26-3)20(15-19)16-28-14-11-24(29-18-31,10-13-25-2)23(32)30(4)21-7-6-12-27-17-21/h1,6-9,12,15-18,25H,3,10-11,13-14H2,2,4H3,(H,29,31). The van der Waals surface area contributed by atoms with Crippen molar-refractivity contribution in [1.29, 1.82) is 0 Å². The van der Waals surface area contributed by atoms with Crippen molar-refractivity contribution < 1.29 is 9.59 Å². The normalized spacial score (nSPS) is 12.5. The van der Waals surface area contributed by atoms with E-state index >= 15 is 0 Å². The number of aliphatic imine (C=N–C) groups is 2. The Morgan fingerprint density at radius 3 is 2.81 bits per heavy atom. The van der Waals surface area contributed by atoms with E-state index in [0.29, 0.717) is 49.3 Å². The highest BCUT2D eigenvalue weighted by molar-refractivity contribution is 6.00. The molecule has 2 rings (SSSR count). The van der Waals surface area contributed by atoms with E-state index in [0.717, 1.165) is 5.56 Å². The second-order valence-corrected chi connectivity index (χ2v) is 7.13. The van der Waals surface area contributed by atoms with Crippen molar-refractivity contribution in [3.05, 3.63) is 53.9 Å². The molecule has 0 saturated carbocycles. The minimum atomic E-state index is -1.13. The van der Waals surface area contributed by atoms with Crippen molar-refractivity contribution in [2.75, 3.05) is 32.1 Å². The number of terminal acetylenes is 1. The molecule has 0 radical (unpaired) electrons. The first-order valence-corrected chi connectivity index (χ1v) is 10.1. The summed E-state index contributed by atoms with van der Waals surface area (Å²) in [6.45, 7) is 4.40. The largest absolute Gasteiger partial charge is 0.344 e. The maximum atomic E-state index is 13.5. The van der Waals surface area contributed by atoms with E-state index in [9.17, 15) is 9.59 Å². The molecule has 0 saturated heterocycles. The predicted molar refractivity (Wildman–Crippen MR) is 129 cm³/mol. The third-order valence-corrected chi connectivity index (χ3v) is 5.15. The van der Waals surface area contributed by atoms with Gasteiger partial charge in [0.2, 0.25) is 6.41 Å². The van der Waals surface area contributed by atoms with Crippen LogP contribution in [0.4, 0.5) is 11.4 Å². The Morgan fingerprint density at radius 1 is 1.38 bits per heavy atom. The van der Waals surface area contributed by atoms with E-state index < -0.39 is 5.54 Å². The highest BCUT2D eigenvalue weighted by Crippen LogP contribution is 2.23. The number of carbonyl (C=O) groups is 2. The summed E-state index contributed by atoms with van der Waals surface area (Å²) in [7, 11) is 3.46. The molecule has 32 heavy (non-hydrogen) atoms. The van der Waals surface area contributed by atoms with Gasteiger partial charge in [-0.2, -0.15) is 0 Å². The quantitative estimate of drug-likeness (QED) is 0.304. The number of nitrogens with zero attached hydrogens (tertiary/aromatic N) is 4. The van der Waals surface area contributed by atoms with Crippen LogP contribution in [0.5, 0.6) is 0 Å². The first-order chi connectivity index (χ1) is 15.5. The zero-order valence-electron chi connectivity index (χ0n) is 18.4. The monoisotopic (exact) mass is 432 g/mol. The Kier molecular flexibility index (Phi) is 9.26. The molecule has 1 aromatic carbocycles. The molecule has 0 fully saturated rings. The summed E-state index contributed by atoms with van der Waals surface area (Å²) in [5, 5.41) is 5.80. The number of carbonyl (C=O) groups excluding carboxylic acids is 2. The Morgan fingerprint density at radius 2 is 2.19 bits per heavy atom. The molecule has 1 atom stereocenters. The van der Waals surface area contributed by atoms with Gasteiger partial charge in [0.15, 0.2) is 0 Å². The van der Waals surface area contributed by atoms with Crippen LogP contribution < -0.4 is 15.5 Å². The van der Waals surface area contributed by atoms with Crippen LogP contribution in [0.1, 0.15) is 24.0 Å². The highest BCUT2D eigenvalue weighted by Gasteiger charge is 2.39. The number of hydrogen-bond donors (Lipinski definition) is 2. The molecule has 1 unspecified atom stereocenters. The van der Waals surface area contributed by atoms with Crippen molar-refractivity contribution in [1.82, 2.24) is 15.6 Å². The Bertz CT molecular complexity index is 999. The molecule has 1 heterocycles. The van der Waals surface area contributed by atoms with Crippen LogP contribution in [0.15, 0.2) is 52.7 Å². The molecule has 8 nitrogen and oxygen atoms in total. The lowest BCUT2D eigenvalue weighted by Gasteiger charge is -2.35. The SMILES string of the molecule is C#Cc1ccc(N=C)c(C=NCCC(CCNC)(NC=O)C(=O)N(C)c2cccnc2)c1. The van der Waals surface area contributed by atoms with Gasteiger partial charge < -0.3 is 15.5 Å². The van der Waals surface area contributed by atoms with Gasteiger partial charge in [-0.25, -0.2) is 0 Å². The molecule has 0 aliphatic rings. The molecule has 0 bridgehead atoms. The lowest BCUT2D eigenvalue weighted by molar-refractivity contribution is -0.128. The summed E-state index contributed by atoms with van der Waals surface area (Å²) >= 11 is 0. The highest BCUT2D eigenvalue weighted by atomic mass is 16.2. The first-order valence-electron chi connectivity index (χ1n) is 10.1. The van der Waals surface area contributed by atoms with Gasteiger partial charge in [0.05, 0.1) is 17.6 Å². The van der Waals surface area contributed by atoms with Gasteiger partial charge in [-0.15, -0.1) is 6.42 Å². The van der Waals surface area contributed by atoms with Crippen molar-refractivity contribution in [3.8, 4) is 12.3 Å². The van der Waals surface area contributed by atoms with E-state index in [2.05, 4.69) is 38.2 Å². The number of pyridine rings is 1. The zero-order chi connectivity index (χ0) is 23.4. The van der Waals surface area contributed by atoms with Gasteiger partial charge in [0.1, 0.15) is 5.54 Å². The molecule has 8 heteroatoms. The predicted octanol–water partition coefficient (Wildman–Crippen LogP) is 1.96. The molecular formula is C24H28N6O2. The Balaban J connectivity index is 2.26. The van der Waals surface area contributed by atoms with Crippen LogP contribution >= 0.6 is 0 Å². The van der Waals surface area contributed by atoms with Gasteiger partial charge in [0.25, 0.3) is 5.91 Å². The molecule has 2 N–H and O–H groups in total. The lowest BCUT2D eigenvalue weighted by atomic mass is 9.89. The van der Waals surface area contributed by atoms with Crippen LogP contribution in [-0.2, 0) is 9.59 Å². The molecule has 2 amide bonds. The minimum absolute atomic E-state index is 0.245. The van der Waals surface area contributed by atoms with Crippen molar-refractivity contribution >= 4 is 36.6 Å². The Labute approximate surface area is 188 Å². The van der Waals surface area contributed by atoms with Crippen molar-refractivity contribution in [2.45, 2.75) is 18.4 Å². The van der Waals surface area contributed by atoms with Gasteiger partial charge >= 0.3 is 0 Å². The molecule has 2 aromatic rings. The van der Waals surface area contributed by atoms with Gasteiger partial charge in [-0.1, -0.05) is 5.92 Å². The molecule has 0 spiro atoms. The smallest absolute Gasteiger partial charge is 0.252 e. The summed E-state index contributed by atoms with van der Waals surface area (Å²) in [6, 6.07) is 8.90. The van der Waals surface area contributed by atoms with E-state index in [1.807, 2.05) is 0 Å². The van der Waals surface area contributed by atoms with Crippen LogP contribution in [0.3, 0.4) is 0 Å². The van der Waals surface area contributed by atoms with E-state index in [4.69, 9.17) is 6.42 Å². The maximum absolute atomic E-state index is 13.5. The summed E-state index contributed by atoms with van der Waals surface area (Å²) in [5.74, 6) is 2.34. The third-order valence-electron chi connectivity index (χ3n) is 5.15. The zero-order valence-corrected chi connectivity index (χ0v) is 18.4. The number of benzene rings is 1. The van der Waals surface area contributed by atoms with Gasteiger partial charge in [-0.3, -0.25) is 24.6 Å². The molecular weight excluding hydrogens is 404 g/mol. The Hall–Kier alpha value is -3.83. The number of anilines is 1. The minimum Gasteiger partial charge on any atom is -0.344 e. The second-order valence-electron chi connectivity index (χ2n) is 7.13. The molecule has 0 aliphatic heterocycles. The van der Waals surface area contributed by atoms with Crippen LogP contribution in [0.2, 0.25) is 0 Å². The van der Waals surface area contributed by atoms with Gasteiger partial charge in [0, 0.05) is 37.1 Å². The number of rotatable bonds is 12. The fourth-order valence-corrected chi connectivity index (χ4v) is 3.30. The van der Waals surface area contributed by atoms with E-state index in [1.54, 1.807) is 63.0 Å². The topological polar surface area (TPSA) is 99.0 Å². The first kappa shape index (κ1) is 24.4. The van der Waals surface area contributed by atoms with E-state index in [1.165, 1.54) is 4.90 Å². The fraction of sp³-hybridized carbons (Fsp3) is 0.292. The van der Waals surface area contributed by atoms with Crippen molar-refractivity contribution in [2.24, 2.45) is 9.98 Å². The second kappa shape index (κ2) is 12.1. The fourth-order valence-electron chi connectivity index (χ4n) is 3.30. The van der Waals surface area contributed by atoms with Crippen LogP contribution in [0, 0.1) is 12.3 Å².